The number of benzene rings is 1. The molecule has 1 unspecified atom stereocenters. The van der Waals surface area contributed by atoms with E-state index in [0.29, 0.717) is 11.3 Å². The monoisotopic (exact) mass is 431 g/mol. The van der Waals surface area contributed by atoms with E-state index in [-0.39, 0.29) is 22.5 Å². The Labute approximate surface area is 176 Å². The second-order valence-electron chi connectivity index (χ2n) is 6.60. The molecule has 11 heteroatoms. The zero-order chi connectivity index (χ0) is 23.3. The van der Waals surface area contributed by atoms with Crippen molar-refractivity contribution in [1.29, 1.82) is 0 Å². The van der Waals surface area contributed by atoms with Crippen molar-refractivity contribution in [3.05, 3.63) is 62.5 Å². The number of carbonyl (C=O) groups is 4. The second kappa shape index (κ2) is 9.65. The fourth-order valence-electron chi connectivity index (χ4n) is 2.92. The largest absolute Gasteiger partial charge is 0.465 e. The zero-order valence-electron chi connectivity index (χ0n) is 17.3. The van der Waals surface area contributed by atoms with Crippen LogP contribution in [0.1, 0.15) is 49.4 Å². The highest BCUT2D eigenvalue weighted by atomic mass is 16.6. The Bertz CT molecular complexity index is 1060. The van der Waals surface area contributed by atoms with E-state index in [9.17, 15) is 29.3 Å². The molecular weight excluding hydrogens is 410 g/mol. The maximum Gasteiger partial charge on any atom is 0.339 e. The van der Waals surface area contributed by atoms with Gasteiger partial charge in [-0.2, -0.15) is 0 Å². The predicted octanol–water partition coefficient (Wildman–Crippen LogP) is 1.87. The molecule has 0 saturated heterocycles. The van der Waals surface area contributed by atoms with Crippen LogP contribution in [-0.2, 0) is 14.3 Å². The summed E-state index contributed by atoms with van der Waals surface area (Å²) in [5.41, 5.74) is 0.885. The normalized spacial score (nSPS) is 11.4. The van der Waals surface area contributed by atoms with Gasteiger partial charge in [0.05, 0.1) is 23.3 Å². The molecule has 0 aliphatic heterocycles. The average Bonchev–Trinajstić information content (AvgIpc) is 3.04. The lowest BCUT2D eigenvalue weighted by Crippen LogP contribution is -2.34. The van der Waals surface area contributed by atoms with E-state index in [1.54, 1.807) is 13.8 Å². The Morgan fingerprint density at radius 2 is 1.90 bits per heavy atom. The number of aryl methyl sites for hydroxylation is 1. The Morgan fingerprint density at radius 3 is 2.52 bits per heavy atom. The van der Waals surface area contributed by atoms with E-state index in [2.05, 4.69) is 10.3 Å². The second-order valence-corrected chi connectivity index (χ2v) is 6.60. The van der Waals surface area contributed by atoms with Gasteiger partial charge in [-0.05, 0) is 32.4 Å². The fraction of sp³-hybridized carbons (Fsp3) is 0.300. The van der Waals surface area contributed by atoms with Gasteiger partial charge < -0.3 is 19.8 Å². The van der Waals surface area contributed by atoms with Gasteiger partial charge in [0, 0.05) is 23.4 Å². The maximum atomic E-state index is 12.6. The molecule has 1 heterocycles. The number of aromatic amines is 1. The van der Waals surface area contributed by atoms with Crippen LogP contribution in [0.25, 0.3) is 0 Å². The van der Waals surface area contributed by atoms with Gasteiger partial charge in [0.25, 0.3) is 11.6 Å². The van der Waals surface area contributed by atoms with E-state index in [1.807, 2.05) is 0 Å². The van der Waals surface area contributed by atoms with Crippen LogP contribution in [0.5, 0.6) is 0 Å². The molecule has 1 aromatic heterocycles. The molecule has 0 saturated carbocycles. The zero-order valence-corrected chi connectivity index (χ0v) is 17.3. The third kappa shape index (κ3) is 5.32. The third-order valence-electron chi connectivity index (χ3n) is 4.46. The number of aromatic nitrogens is 1. The molecule has 2 rings (SSSR count). The number of nitro groups is 1. The molecule has 31 heavy (non-hydrogen) atoms. The number of nitro benzene ring substituents is 1. The number of ether oxygens (including phenoxy) is 2. The van der Waals surface area contributed by atoms with Crippen LogP contribution in [0, 0.1) is 24.0 Å². The number of nitrogens with one attached hydrogen (secondary N) is 2. The number of hydrogen-bond donors (Lipinski definition) is 2. The molecule has 0 aliphatic carbocycles. The Hall–Kier alpha value is -4.02. The number of methoxy groups -OCH3 is 1. The summed E-state index contributed by atoms with van der Waals surface area (Å²) in [7, 11) is 1.22. The van der Waals surface area contributed by atoms with E-state index in [4.69, 9.17) is 9.47 Å². The van der Waals surface area contributed by atoms with Gasteiger partial charge in [0.1, 0.15) is 6.54 Å². The van der Waals surface area contributed by atoms with Gasteiger partial charge in [0.2, 0.25) is 5.78 Å². The van der Waals surface area contributed by atoms with Crippen LogP contribution in [0.4, 0.5) is 5.69 Å². The first-order valence-electron chi connectivity index (χ1n) is 9.10. The molecule has 0 spiro atoms. The smallest absolute Gasteiger partial charge is 0.339 e. The average molecular weight is 431 g/mol. The molecule has 1 amide bonds. The summed E-state index contributed by atoms with van der Waals surface area (Å²) in [6, 6.07) is 5.00. The number of Topliss-reactive ketones (excluding diaryl/α,β-unsaturated/α-hetero) is 1. The van der Waals surface area contributed by atoms with Crippen molar-refractivity contribution in [1.82, 2.24) is 10.3 Å². The number of H-pyrrole nitrogens is 1. The number of esters is 2. The minimum atomic E-state index is -1.19. The van der Waals surface area contributed by atoms with Gasteiger partial charge in [0.15, 0.2) is 6.10 Å². The molecule has 0 aliphatic rings. The minimum Gasteiger partial charge on any atom is -0.465 e. The van der Waals surface area contributed by atoms with Gasteiger partial charge in [-0.15, -0.1) is 0 Å². The molecule has 2 N–H and O–H groups in total. The van der Waals surface area contributed by atoms with Crippen molar-refractivity contribution in [2.75, 3.05) is 13.7 Å². The lowest BCUT2D eigenvalue weighted by atomic mass is 10.1. The van der Waals surface area contributed by atoms with E-state index < -0.39 is 41.2 Å². The highest BCUT2D eigenvalue weighted by Crippen LogP contribution is 2.21. The summed E-state index contributed by atoms with van der Waals surface area (Å²) < 4.78 is 9.75. The third-order valence-corrected chi connectivity index (χ3v) is 4.46. The first kappa shape index (κ1) is 23.3. The van der Waals surface area contributed by atoms with Crippen LogP contribution in [0.3, 0.4) is 0 Å². The summed E-state index contributed by atoms with van der Waals surface area (Å²) >= 11 is 0. The maximum absolute atomic E-state index is 12.6. The highest BCUT2D eigenvalue weighted by Gasteiger charge is 2.27. The molecule has 0 radical (unpaired) electrons. The first-order chi connectivity index (χ1) is 14.6. The summed E-state index contributed by atoms with van der Waals surface area (Å²) in [5.74, 6) is -2.75. The molecule has 1 aromatic carbocycles. The standard InChI is InChI=1S/C20H21N3O8/c1-10-16(20(27)30-4)11(2)22-17(10)18(25)12(3)31-15(24)9-21-19(26)13-6-5-7-14(8-13)23(28)29/h5-8,12,22H,9H2,1-4H3,(H,21,26). The molecular formula is C20H21N3O8. The molecule has 11 nitrogen and oxygen atoms in total. The SMILES string of the molecule is COC(=O)c1c(C)[nH]c(C(=O)C(C)OC(=O)CNC(=O)c2cccc([N+](=O)[O-])c2)c1C. The Kier molecular flexibility index (Phi) is 7.24. The summed E-state index contributed by atoms with van der Waals surface area (Å²) in [6.45, 7) is 3.98. The predicted molar refractivity (Wildman–Crippen MR) is 107 cm³/mol. The lowest BCUT2D eigenvalue weighted by molar-refractivity contribution is -0.384. The van der Waals surface area contributed by atoms with Crippen LogP contribution in [0.2, 0.25) is 0 Å². The van der Waals surface area contributed by atoms with Crippen LogP contribution < -0.4 is 5.32 Å². The van der Waals surface area contributed by atoms with Crippen molar-refractivity contribution < 1.29 is 33.6 Å². The van der Waals surface area contributed by atoms with Crippen LogP contribution >= 0.6 is 0 Å². The number of amides is 1. The fourth-order valence-corrected chi connectivity index (χ4v) is 2.92. The molecule has 0 bridgehead atoms. The molecule has 2 aromatic rings. The molecule has 164 valence electrons. The van der Waals surface area contributed by atoms with Crippen molar-refractivity contribution in [2.45, 2.75) is 26.9 Å². The quantitative estimate of drug-likeness (QED) is 0.277. The number of nitrogens with zero attached hydrogens (tertiary/aromatic N) is 1. The lowest BCUT2D eigenvalue weighted by Gasteiger charge is -2.13. The van der Waals surface area contributed by atoms with Gasteiger partial charge in [-0.25, -0.2) is 4.79 Å². The van der Waals surface area contributed by atoms with E-state index in [1.165, 1.54) is 32.2 Å². The summed E-state index contributed by atoms with van der Waals surface area (Å²) in [4.78, 5) is 61.5. The molecule has 0 fully saturated rings. The Morgan fingerprint density at radius 1 is 1.23 bits per heavy atom. The van der Waals surface area contributed by atoms with E-state index in [0.717, 1.165) is 6.07 Å². The first-order valence-corrected chi connectivity index (χ1v) is 9.10. The highest BCUT2D eigenvalue weighted by molar-refractivity contribution is 6.04. The number of carbonyl (C=O) groups excluding carboxylic acids is 4. The van der Waals surface area contributed by atoms with Gasteiger partial charge >= 0.3 is 11.9 Å². The van der Waals surface area contributed by atoms with E-state index >= 15 is 0 Å². The van der Waals surface area contributed by atoms with Crippen LogP contribution in [0.15, 0.2) is 24.3 Å². The van der Waals surface area contributed by atoms with Crippen molar-refractivity contribution in [3.63, 3.8) is 0 Å². The van der Waals surface area contributed by atoms with Gasteiger partial charge in [-0.3, -0.25) is 24.5 Å². The van der Waals surface area contributed by atoms with Gasteiger partial charge in [-0.1, -0.05) is 6.07 Å². The van der Waals surface area contributed by atoms with Crippen LogP contribution in [-0.4, -0.2) is 53.3 Å². The van der Waals surface area contributed by atoms with Crippen molar-refractivity contribution in [3.8, 4) is 0 Å². The number of ketones is 1. The van der Waals surface area contributed by atoms with Crippen molar-refractivity contribution >= 4 is 29.3 Å². The summed E-state index contributed by atoms with van der Waals surface area (Å²) in [6.07, 6.45) is -1.19. The number of hydrogen-bond acceptors (Lipinski definition) is 8. The molecule has 1 atom stereocenters. The number of non-ortho nitro benzene ring substituents is 1. The summed E-state index contributed by atoms with van der Waals surface area (Å²) in [5, 5.41) is 13.1. The number of rotatable bonds is 8. The Balaban J connectivity index is 1.99. The topological polar surface area (TPSA) is 158 Å². The minimum absolute atomic E-state index is 0.000972. The van der Waals surface area contributed by atoms with Crippen molar-refractivity contribution in [2.24, 2.45) is 0 Å².